The number of carbonyl (C=O) groups is 1. The third-order valence-corrected chi connectivity index (χ3v) is 3.78. The summed E-state index contributed by atoms with van der Waals surface area (Å²) in [5, 5.41) is 0. The Balaban J connectivity index is 2.34. The van der Waals surface area contributed by atoms with Crippen molar-refractivity contribution in [1.29, 1.82) is 0 Å². The van der Waals surface area contributed by atoms with Gasteiger partial charge in [0.2, 0.25) is 0 Å². The van der Waals surface area contributed by atoms with Crippen molar-refractivity contribution in [3.63, 3.8) is 0 Å². The topological polar surface area (TPSA) is 29.5 Å². The number of halogens is 4. The fraction of sp³-hybridized carbons (Fsp3) is 0.462. The van der Waals surface area contributed by atoms with E-state index >= 15 is 0 Å². The SMILES string of the molecule is CN(C(=O)c1ccc(Br)cc1C(F)(F)F)C1CCOC1. The molecule has 0 saturated carbocycles. The van der Waals surface area contributed by atoms with Gasteiger partial charge in [-0.3, -0.25) is 4.79 Å². The van der Waals surface area contributed by atoms with Gasteiger partial charge in [-0.25, -0.2) is 0 Å². The van der Waals surface area contributed by atoms with Crippen molar-refractivity contribution in [2.45, 2.75) is 18.6 Å². The molecule has 1 aliphatic rings. The monoisotopic (exact) mass is 351 g/mol. The van der Waals surface area contributed by atoms with Crippen LogP contribution in [0.5, 0.6) is 0 Å². The van der Waals surface area contributed by atoms with Crippen LogP contribution < -0.4 is 0 Å². The van der Waals surface area contributed by atoms with Crippen LogP contribution in [-0.4, -0.2) is 37.1 Å². The van der Waals surface area contributed by atoms with Crippen molar-refractivity contribution >= 4 is 21.8 Å². The fourth-order valence-corrected chi connectivity index (χ4v) is 2.48. The molecule has 7 heteroatoms. The molecule has 0 aliphatic carbocycles. The van der Waals surface area contributed by atoms with Crippen molar-refractivity contribution in [1.82, 2.24) is 4.90 Å². The number of carbonyl (C=O) groups excluding carboxylic acids is 1. The standard InChI is InChI=1S/C13H13BrF3NO2/c1-18(9-4-5-20-7-9)12(19)10-3-2-8(14)6-11(10)13(15,16)17/h2-3,6,9H,4-5,7H2,1H3. The molecule has 110 valence electrons. The van der Waals surface area contributed by atoms with Gasteiger partial charge < -0.3 is 9.64 Å². The zero-order valence-electron chi connectivity index (χ0n) is 10.7. The molecule has 1 saturated heterocycles. The number of ether oxygens (including phenoxy) is 1. The van der Waals surface area contributed by atoms with Crippen LogP contribution in [-0.2, 0) is 10.9 Å². The van der Waals surface area contributed by atoms with Crippen LogP contribution in [0, 0.1) is 0 Å². The first-order valence-corrected chi connectivity index (χ1v) is 6.81. The minimum absolute atomic E-state index is 0.174. The van der Waals surface area contributed by atoms with Gasteiger partial charge >= 0.3 is 6.18 Å². The van der Waals surface area contributed by atoms with Crippen LogP contribution in [0.1, 0.15) is 22.3 Å². The smallest absolute Gasteiger partial charge is 0.379 e. The highest BCUT2D eigenvalue weighted by Crippen LogP contribution is 2.34. The number of rotatable bonds is 2. The largest absolute Gasteiger partial charge is 0.417 e. The lowest BCUT2D eigenvalue weighted by Gasteiger charge is -2.24. The number of hydrogen-bond donors (Lipinski definition) is 0. The van der Waals surface area contributed by atoms with E-state index in [0.29, 0.717) is 19.6 Å². The van der Waals surface area contributed by atoms with E-state index in [4.69, 9.17) is 4.74 Å². The Labute approximate surface area is 122 Å². The molecule has 1 amide bonds. The maximum atomic E-state index is 13.0. The Morgan fingerprint density at radius 3 is 2.70 bits per heavy atom. The minimum Gasteiger partial charge on any atom is -0.379 e. The number of amides is 1. The highest BCUT2D eigenvalue weighted by molar-refractivity contribution is 9.10. The van der Waals surface area contributed by atoms with E-state index in [1.807, 2.05) is 0 Å². The van der Waals surface area contributed by atoms with Crippen molar-refractivity contribution < 1.29 is 22.7 Å². The van der Waals surface area contributed by atoms with E-state index in [-0.39, 0.29) is 16.1 Å². The molecule has 0 aromatic heterocycles. The van der Waals surface area contributed by atoms with Crippen LogP contribution in [0.25, 0.3) is 0 Å². The summed E-state index contributed by atoms with van der Waals surface area (Å²) in [4.78, 5) is 13.6. The van der Waals surface area contributed by atoms with Crippen LogP contribution >= 0.6 is 15.9 Å². The van der Waals surface area contributed by atoms with Gasteiger partial charge in [0.15, 0.2) is 0 Å². The van der Waals surface area contributed by atoms with Crippen molar-refractivity contribution in [3.05, 3.63) is 33.8 Å². The molecular formula is C13H13BrF3NO2. The molecule has 3 nitrogen and oxygen atoms in total. The summed E-state index contributed by atoms with van der Waals surface area (Å²) < 4.78 is 44.5. The Bertz CT molecular complexity index is 513. The molecule has 20 heavy (non-hydrogen) atoms. The Kier molecular flexibility index (Phi) is 4.39. The zero-order chi connectivity index (χ0) is 14.9. The minimum atomic E-state index is -4.57. The molecule has 1 aliphatic heterocycles. The molecule has 1 atom stereocenters. The lowest BCUT2D eigenvalue weighted by atomic mass is 10.0. The summed E-state index contributed by atoms with van der Waals surface area (Å²) in [5.41, 5.74) is -1.27. The van der Waals surface area contributed by atoms with Crippen LogP contribution in [0.4, 0.5) is 13.2 Å². The molecule has 0 bridgehead atoms. The third-order valence-electron chi connectivity index (χ3n) is 3.29. The quantitative estimate of drug-likeness (QED) is 0.817. The van der Waals surface area contributed by atoms with Gasteiger partial charge in [0.1, 0.15) is 0 Å². The molecule has 1 unspecified atom stereocenters. The van der Waals surface area contributed by atoms with Crippen molar-refractivity contribution in [2.24, 2.45) is 0 Å². The van der Waals surface area contributed by atoms with Gasteiger partial charge in [0.05, 0.1) is 23.8 Å². The summed E-state index contributed by atoms with van der Waals surface area (Å²) in [7, 11) is 1.50. The highest BCUT2D eigenvalue weighted by atomic mass is 79.9. The second-order valence-electron chi connectivity index (χ2n) is 4.62. The average molecular weight is 352 g/mol. The zero-order valence-corrected chi connectivity index (χ0v) is 12.3. The van der Waals surface area contributed by atoms with Crippen molar-refractivity contribution in [2.75, 3.05) is 20.3 Å². The predicted octanol–water partition coefficient (Wildman–Crippen LogP) is 3.33. The number of alkyl halides is 3. The van der Waals surface area contributed by atoms with Crippen LogP contribution in [0.3, 0.4) is 0 Å². The number of nitrogens with zero attached hydrogens (tertiary/aromatic N) is 1. The third kappa shape index (κ3) is 3.15. The molecule has 1 heterocycles. The van der Waals surface area contributed by atoms with Gasteiger partial charge in [-0.05, 0) is 24.6 Å². The summed E-state index contributed by atoms with van der Waals surface area (Å²) in [6, 6.07) is 3.38. The second kappa shape index (κ2) is 5.73. The summed E-state index contributed by atoms with van der Waals surface area (Å²) >= 11 is 3.00. The first-order chi connectivity index (χ1) is 9.30. The molecule has 0 N–H and O–H groups in total. The van der Waals surface area contributed by atoms with Gasteiger partial charge in [0, 0.05) is 18.1 Å². The molecular weight excluding hydrogens is 339 g/mol. The second-order valence-corrected chi connectivity index (χ2v) is 5.54. The number of benzene rings is 1. The molecule has 1 aromatic carbocycles. The first-order valence-electron chi connectivity index (χ1n) is 6.02. The highest BCUT2D eigenvalue weighted by Gasteiger charge is 2.37. The lowest BCUT2D eigenvalue weighted by Crippen LogP contribution is -2.38. The Hall–Kier alpha value is -1.08. The van der Waals surface area contributed by atoms with E-state index in [1.54, 1.807) is 0 Å². The van der Waals surface area contributed by atoms with E-state index in [2.05, 4.69) is 15.9 Å². The van der Waals surface area contributed by atoms with Gasteiger partial charge in [0.25, 0.3) is 5.91 Å². The van der Waals surface area contributed by atoms with Gasteiger partial charge in [-0.1, -0.05) is 15.9 Å². The number of likely N-dealkylation sites (N-methyl/N-ethyl adjacent to an activating group) is 1. The van der Waals surface area contributed by atoms with Gasteiger partial charge in [-0.15, -0.1) is 0 Å². The Morgan fingerprint density at radius 2 is 2.15 bits per heavy atom. The lowest BCUT2D eigenvalue weighted by molar-refractivity contribution is -0.138. The Morgan fingerprint density at radius 1 is 1.45 bits per heavy atom. The van der Waals surface area contributed by atoms with Crippen LogP contribution in [0.2, 0.25) is 0 Å². The van der Waals surface area contributed by atoms with E-state index in [1.165, 1.54) is 24.1 Å². The first kappa shape index (κ1) is 15.3. The van der Waals surface area contributed by atoms with E-state index < -0.39 is 17.6 Å². The molecule has 2 rings (SSSR count). The maximum Gasteiger partial charge on any atom is 0.417 e. The van der Waals surface area contributed by atoms with Crippen LogP contribution in [0.15, 0.2) is 22.7 Å². The molecule has 0 spiro atoms. The van der Waals surface area contributed by atoms with Gasteiger partial charge in [-0.2, -0.15) is 13.2 Å². The van der Waals surface area contributed by atoms with E-state index in [0.717, 1.165) is 6.07 Å². The summed E-state index contributed by atoms with van der Waals surface area (Å²) in [6.07, 6.45) is -3.93. The summed E-state index contributed by atoms with van der Waals surface area (Å²) in [6.45, 7) is 0.884. The average Bonchev–Trinajstić information content (AvgIpc) is 2.89. The van der Waals surface area contributed by atoms with E-state index in [9.17, 15) is 18.0 Å². The fourth-order valence-electron chi connectivity index (χ4n) is 2.12. The number of hydrogen-bond acceptors (Lipinski definition) is 2. The molecule has 1 fully saturated rings. The molecule has 0 radical (unpaired) electrons. The van der Waals surface area contributed by atoms with Crippen molar-refractivity contribution in [3.8, 4) is 0 Å². The molecule has 1 aromatic rings. The summed E-state index contributed by atoms with van der Waals surface area (Å²) in [5.74, 6) is -0.639. The maximum absolute atomic E-state index is 13.0. The normalized spacial score (nSPS) is 19.1. The predicted molar refractivity (Wildman–Crippen MR) is 70.5 cm³/mol.